The number of hydrogen-bond acceptors (Lipinski definition) is 6. The summed E-state index contributed by atoms with van der Waals surface area (Å²) >= 11 is 0. The number of esters is 3. The molecule has 0 amide bonds. The van der Waals surface area contributed by atoms with E-state index < -0.39 is 6.10 Å². The molecule has 63 heavy (non-hydrogen) atoms. The van der Waals surface area contributed by atoms with Crippen LogP contribution in [0, 0.1) is 0 Å². The summed E-state index contributed by atoms with van der Waals surface area (Å²) in [6.07, 6.45) is 58.0. The van der Waals surface area contributed by atoms with Gasteiger partial charge in [0.1, 0.15) is 13.2 Å². The minimum atomic E-state index is -0.760. The Morgan fingerprint density at radius 1 is 0.254 bits per heavy atom. The topological polar surface area (TPSA) is 78.9 Å². The Kier molecular flexibility index (Phi) is 51.7. The summed E-state index contributed by atoms with van der Waals surface area (Å²) in [5.74, 6) is -0.833. The largest absolute Gasteiger partial charge is 0.462 e. The smallest absolute Gasteiger partial charge is 0.306 e. The van der Waals surface area contributed by atoms with Crippen molar-refractivity contribution < 1.29 is 28.6 Å². The van der Waals surface area contributed by atoms with Crippen LogP contribution in [0.25, 0.3) is 0 Å². The quantitative estimate of drug-likeness (QED) is 0.0344. The molecule has 6 nitrogen and oxygen atoms in total. The van der Waals surface area contributed by atoms with Crippen LogP contribution >= 0.6 is 0 Å². The first-order valence-corrected chi connectivity index (χ1v) is 28.5. The van der Waals surface area contributed by atoms with E-state index in [1.807, 2.05) is 0 Å². The van der Waals surface area contributed by atoms with E-state index in [9.17, 15) is 14.4 Å². The minimum Gasteiger partial charge on any atom is -0.462 e. The third-order valence-electron chi connectivity index (χ3n) is 13.1. The van der Waals surface area contributed by atoms with Crippen molar-refractivity contribution in [2.24, 2.45) is 0 Å². The van der Waals surface area contributed by atoms with Gasteiger partial charge in [0.25, 0.3) is 0 Å². The van der Waals surface area contributed by atoms with Crippen LogP contribution in [-0.4, -0.2) is 37.2 Å². The molecule has 374 valence electrons. The second-order valence-electron chi connectivity index (χ2n) is 19.6. The second kappa shape index (κ2) is 53.0. The van der Waals surface area contributed by atoms with E-state index in [4.69, 9.17) is 14.2 Å². The van der Waals surface area contributed by atoms with Crippen LogP contribution in [0.15, 0.2) is 0 Å². The lowest BCUT2D eigenvalue weighted by Crippen LogP contribution is -2.30. The SMILES string of the molecule is CCCCCCCCCCCCCCCCCCCC(=O)OC[C@H](COC(=O)CCCCCCCCCCCCCCCCC)OC(=O)CCCCCCCCCCCCCCC. The zero-order valence-corrected chi connectivity index (χ0v) is 42.9. The summed E-state index contributed by atoms with van der Waals surface area (Å²) in [5.41, 5.74) is 0. The molecule has 0 unspecified atom stereocenters. The molecule has 1 atom stereocenters. The third kappa shape index (κ3) is 51.3. The van der Waals surface area contributed by atoms with E-state index in [1.165, 1.54) is 231 Å². The van der Waals surface area contributed by atoms with E-state index in [-0.39, 0.29) is 31.1 Å². The molecule has 0 fully saturated rings. The Balaban J connectivity index is 4.27. The van der Waals surface area contributed by atoms with Gasteiger partial charge in [-0.1, -0.05) is 290 Å². The first kappa shape index (κ1) is 61.4. The van der Waals surface area contributed by atoms with Crippen molar-refractivity contribution in [3.63, 3.8) is 0 Å². The van der Waals surface area contributed by atoms with Gasteiger partial charge in [0.05, 0.1) is 0 Å². The van der Waals surface area contributed by atoms with Crippen LogP contribution in [0.2, 0.25) is 0 Å². The molecule has 0 aliphatic heterocycles. The summed E-state index contributed by atoms with van der Waals surface area (Å²) in [4.78, 5) is 38.1. The molecule has 0 bridgehead atoms. The molecule has 0 aliphatic rings. The maximum Gasteiger partial charge on any atom is 0.306 e. The fraction of sp³-hybridized carbons (Fsp3) is 0.947. The zero-order valence-electron chi connectivity index (χ0n) is 42.9. The maximum absolute atomic E-state index is 12.8. The molecule has 0 aromatic rings. The lowest BCUT2D eigenvalue weighted by atomic mass is 10.0. The van der Waals surface area contributed by atoms with Gasteiger partial charge in [0.2, 0.25) is 0 Å². The number of rotatable bonds is 53. The molecule has 0 saturated heterocycles. The second-order valence-corrected chi connectivity index (χ2v) is 19.6. The molecule has 0 aromatic carbocycles. The monoisotopic (exact) mass is 891 g/mol. The summed E-state index contributed by atoms with van der Waals surface area (Å²) < 4.78 is 16.9. The molecule has 0 heterocycles. The van der Waals surface area contributed by atoms with Gasteiger partial charge < -0.3 is 14.2 Å². The average Bonchev–Trinajstić information content (AvgIpc) is 3.28. The zero-order chi connectivity index (χ0) is 45.8. The fourth-order valence-electron chi connectivity index (χ4n) is 8.80. The molecule has 0 radical (unpaired) electrons. The van der Waals surface area contributed by atoms with Crippen molar-refractivity contribution in [2.45, 2.75) is 335 Å². The lowest BCUT2D eigenvalue weighted by molar-refractivity contribution is -0.167. The van der Waals surface area contributed by atoms with Crippen molar-refractivity contribution in [2.75, 3.05) is 13.2 Å². The number of unbranched alkanes of at least 4 members (excludes halogenated alkanes) is 42. The van der Waals surface area contributed by atoms with Crippen molar-refractivity contribution in [1.82, 2.24) is 0 Å². The molecule has 0 aliphatic carbocycles. The predicted octanol–water partition coefficient (Wildman–Crippen LogP) is 18.8. The van der Waals surface area contributed by atoms with Gasteiger partial charge in [0.15, 0.2) is 6.10 Å². The molecule has 0 rings (SSSR count). The highest BCUT2D eigenvalue weighted by Gasteiger charge is 2.19. The maximum atomic E-state index is 12.8. The molecule has 0 N–H and O–H groups in total. The first-order chi connectivity index (χ1) is 31.0. The van der Waals surface area contributed by atoms with Gasteiger partial charge >= 0.3 is 17.9 Å². The molecule has 6 heteroatoms. The summed E-state index contributed by atoms with van der Waals surface area (Å²) in [5, 5.41) is 0. The van der Waals surface area contributed by atoms with Gasteiger partial charge in [-0.05, 0) is 19.3 Å². The highest BCUT2D eigenvalue weighted by molar-refractivity contribution is 5.71. The first-order valence-electron chi connectivity index (χ1n) is 28.5. The van der Waals surface area contributed by atoms with Gasteiger partial charge in [-0.3, -0.25) is 14.4 Å². The molecule has 0 saturated carbocycles. The van der Waals surface area contributed by atoms with Crippen LogP contribution in [0.5, 0.6) is 0 Å². The lowest BCUT2D eigenvalue weighted by Gasteiger charge is -2.18. The summed E-state index contributed by atoms with van der Waals surface area (Å²) in [6.45, 7) is 6.70. The Hall–Kier alpha value is -1.59. The standard InChI is InChI=1S/C57H110O6/c1-4-7-10-13-16-19-22-25-27-28-30-33-35-38-41-44-47-50-56(59)62-53-54(63-57(60)51-48-45-42-39-36-31-24-21-18-15-12-9-6-3)52-61-55(58)49-46-43-40-37-34-32-29-26-23-20-17-14-11-8-5-2/h54H,4-53H2,1-3H3/t54-/m0/s1. The van der Waals surface area contributed by atoms with Gasteiger partial charge in [-0.25, -0.2) is 0 Å². The van der Waals surface area contributed by atoms with E-state index in [2.05, 4.69) is 20.8 Å². The Bertz CT molecular complexity index is 936. The summed E-state index contributed by atoms with van der Waals surface area (Å²) in [7, 11) is 0. The van der Waals surface area contributed by atoms with Crippen LogP contribution < -0.4 is 0 Å². The van der Waals surface area contributed by atoms with E-state index in [0.717, 1.165) is 57.8 Å². The van der Waals surface area contributed by atoms with Gasteiger partial charge in [-0.2, -0.15) is 0 Å². The highest BCUT2D eigenvalue weighted by Crippen LogP contribution is 2.17. The summed E-state index contributed by atoms with van der Waals surface area (Å²) in [6, 6.07) is 0. The van der Waals surface area contributed by atoms with E-state index in [1.54, 1.807) is 0 Å². The van der Waals surface area contributed by atoms with E-state index in [0.29, 0.717) is 19.3 Å². The molecular weight excluding hydrogens is 781 g/mol. The van der Waals surface area contributed by atoms with Gasteiger partial charge in [-0.15, -0.1) is 0 Å². The van der Waals surface area contributed by atoms with Crippen molar-refractivity contribution in [1.29, 1.82) is 0 Å². The number of carbonyl (C=O) groups is 3. The molecule has 0 aromatic heterocycles. The van der Waals surface area contributed by atoms with Gasteiger partial charge in [0, 0.05) is 19.3 Å². The normalized spacial score (nSPS) is 11.9. The molecule has 0 spiro atoms. The van der Waals surface area contributed by atoms with E-state index >= 15 is 0 Å². The van der Waals surface area contributed by atoms with Crippen LogP contribution in [0.1, 0.15) is 329 Å². The fourth-order valence-corrected chi connectivity index (χ4v) is 8.80. The predicted molar refractivity (Wildman–Crippen MR) is 270 cm³/mol. The third-order valence-corrected chi connectivity index (χ3v) is 13.1. The highest BCUT2D eigenvalue weighted by atomic mass is 16.6. The number of hydrogen-bond donors (Lipinski definition) is 0. The van der Waals surface area contributed by atoms with Crippen molar-refractivity contribution in [3.05, 3.63) is 0 Å². The number of ether oxygens (including phenoxy) is 3. The van der Waals surface area contributed by atoms with Crippen molar-refractivity contribution in [3.8, 4) is 0 Å². The Morgan fingerprint density at radius 2 is 0.429 bits per heavy atom. The Labute approximate surface area is 393 Å². The van der Waals surface area contributed by atoms with Crippen LogP contribution in [-0.2, 0) is 28.6 Å². The Morgan fingerprint density at radius 3 is 0.635 bits per heavy atom. The number of carbonyl (C=O) groups excluding carboxylic acids is 3. The van der Waals surface area contributed by atoms with Crippen molar-refractivity contribution >= 4 is 17.9 Å². The molecular formula is C57H110O6. The van der Waals surface area contributed by atoms with Crippen LogP contribution in [0.4, 0.5) is 0 Å². The minimum absolute atomic E-state index is 0.0611. The average molecular weight is 892 g/mol. The van der Waals surface area contributed by atoms with Crippen LogP contribution in [0.3, 0.4) is 0 Å².